The van der Waals surface area contributed by atoms with Crippen molar-refractivity contribution in [3.05, 3.63) is 17.8 Å². The summed E-state index contributed by atoms with van der Waals surface area (Å²) in [4.78, 5) is 28.5. The summed E-state index contributed by atoms with van der Waals surface area (Å²) in [5.41, 5.74) is -0.715. The standard InChI is InChI=1S/C18H26F3N5O3/c1-5-24(12-18(19,20)21)15(27)13-6-7-14(23-22-13)25-8-10-26(11-9-25)16(28)29-17(2,3)4/h6-7H,5,8-12H2,1-4H3. The average Bonchev–Trinajstić information content (AvgIpc) is 2.64. The summed E-state index contributed by atoms with van der Waals surface area (Å²) < 4.78 is 43.1. The fourth-order valence-corrected chi connectivity index (χ4v) is 2.76. The van der Waals surface area contributed by atoms with Gasteiger partial charge in [0.25, 0.3) is 5.91 Å². The third-order valence-corrected chi connectivity index (χ3v) is 4.16. The monoisotopic (exact) mass is 417 g/mol. The van der Waals surface area contributed by atoms with Crippen molar-refractivity contribution in [1.82, 2.24) is 20.0 Å². The van der Waals surface area contributed by atoms with E-state index in [9.17, 15) is 22.8 Å². The van der Waals surface area contributed by atoms with Crippen molar-refractivity contribution in [1.29, 1.82) is 0 Å². The molecule has 1 aromatic rings. The molecule has 8 nitrogen and oxygen atoms in total. The van der Waals surface area contributed by atoms with Gasteiger partial charge in [0, 0.05) is 32.7 Å². The minimum absolute atomic E-state index is 0.0889. The number of carbonyl (C=O) groups excluding carboxylic acids is 2. The molecule has 0 spiro atoms. The molecule has 0 saturated carbocycles. The lowest BCUT2D eigenvalue weighted by molar-refractivity contribution is -0.140. The molecule has 162 valence electrons. The quantitative estimate of drug-likeness (QED) is 0.749. The number of anilines is 1. The van der Waals surface area contributed by atoms with Gasteiger partial charge in [-0.15, -0.1) is 10.2 Å². The molecule has 0 atom stereocenters. The predicted octanol–water partition coefficient (Wildman–Crippen LogP) is 2.56. The van der Waals surface area contributed by atoms with E-state index in [4.69, 9.17) is 4.74 Å². The van der Waals surface area contributed by atoms with Crippen molar-refractivity contribution in [3.63, 3.8) is 0 Å². The van der Waals surface area contributed by atoms with E-state index in [-0.39, 0.29) is 18.3 Å². The number of nitrogens with zero attached hydrogens (tertiary/aromatic N) is 5. The molecule has 1 saturated heterocycles. The van der Waals surface area contributed by atoms with Crippen LogP contribution in [0.2, 0.25) is 0 Å². The molecule has 0 aliphatic carbocycles. The van der Waals surface area contributed by atoms with Crippen molar-refractivity contribution in [3.8, 4) is 0 Å². The second kappa shape index (κ2) is 8.83. The summed E-state index contributed by atoms with van der Waals surface area (Å²) in [5.74, 6) is -0.331. The van der Waals surface area contributed by atoms with Gasteiger partial charge in [-0.2, -0.15) is 13.2 Å². The number of carbonyl (C=O) groups is 2. The fraction of sp³-hybridized carbons (Fsp3) is 0.667. The Bertz CT molecular complexity index is 711. The number of alkyl halides is 3. The van der Waals surface area contributed by atoms with E-state index >= 15 is 0 Å². The van der Waals surface area contributed by atoms with E-state index in [0.717, 1.165) is 0 Å². The van der Waals surface area contributed by atoms with Crippen LogP contribution in [0.4, 0.5) is 23.8 Å². The highest BCUT2D eigenvalue weighted by Gasteiger charge is 2.33. The van der Waals surface area contributed by atoms with Crippen molar-refractivity contribution in [2.75, 3.05) is 44.2 Å². The van der Waals surface area contributed by atoms with Crippen LogP contribution in [0.15, 0.2) is 12.1 Å². The molecule has 1 fully saturated rings. The van der Waals surface area contributed by atoms with Crippen LogP contribution in [0.3, 0.4) is 0 Å². The molecule has 0 radical (unpaired) electrons. The largest absolute Gasteiger partial charge is 0.444 e. The Morgan fingerprint density at radius 2 is 1.72 bits per heavy atom. The number of hydrogen-bond acceptors (Lipinski definition) is 6. The topological polar surface area (TPSA) is 78.9 Å². The summed E-state index contributed by atoms with van der Waals surface area (Å²) >= 11 is 0. The minimum Gasteiger partial charge on any atom is -0.444 e. The molecule has 1 aliphatic rings. The molecule has 2 rings (SSSR count). The van der Waals surface area contributed by atoms with Crippen LogP contribution in [0.25, 0.3) is 0 Å². The van der Waals surface area contributed by atoms with E-state index in [1.807, 2.05) is 4.90 Å². The normalized spacial score (nSPS) is 15.3. The lowest BCUT2D eigenvalue weighted by Crippen LogP contribution is -2.50. The third kappa shape index (κ3) is 6.75. The molecule has 1 aliphatic heterocycles. The van der Waals surface area contributed by atoms with Gasteiger partial charge >= 0.3 is 12.3 Å². The summed E-state index contributed by atoms with van der Waals surface area (Å²) in [6.07, 6.45) is -4.86. The zero-order valence-electron chi connectivity index (χ0n) is 17.0. The minimum atomic E-state index is -4.48. The molecule has 11 heteroatoms. The Labute approximate surface area is 167 Å². The second-order valence-electron chi connectivity index (χ2n) is 7.67. The highest BCUT2D eigenvalue weighted by molar-refractivity contribution is 5.92. The van der Waals surface area contributed by atoms with Gasteiger partial charge < -0.3 is 19.4 Å². The van der Waals surface area contributed by atoms with Crippen molar-refractivity contribution >= 4 is 17.8 Å². The van der Waals surface area contributed by atoms with Gasteiger partial charge in [0.05, 0.1) is 0 Å². The first-order chi connectivity index (χ1) is 13.4. The van der Waals surface area contributed by atoms with E-state index in [2.05, 4.69) is 10.2 Å². The van der Waals surface area contributed by atoms with Crippen molar-refractivity contribution in [2.24, 2.45) is 0 Å². The Kier molecular flexibility index (Phi) is 6.91. The number of rotatable bonds is 4. The lowest BCUT2D eigenvalue weighted by atomic mass is 10.2. The summed E-state index contributed by atoms with van der Waals surface area (Å²) in [6.45, 7) is 7.31. The van der Waals surface area contributed by atoms with E-state index in [0.29, 0.717) is 36.9 Å². The number of ether oxygens (including phenoxy) is 1. The first-order valence-corrected chi connectivity index (χ1v) is 9.32. The Morgan fingerprint density at radius 1 is 1.10 bits per heavy atom. The molecule has 0 aromatic carbocycles. The van der Waals surface area contributed by atoms with E-state index in [1.54, 1.807) is 31.7 Å². The highest BCUT2D eigenvalue weighted by Crippen LogP contribution is 2.19. The van der Waals surface area contributed by atoms with Crippen LogP contribution in [-0.2, 0) is 4.74 Å². The van der Waals surface area contributed by atoms with Crippen LogP contribution >= 0.6 is 0 Å². The summed E-state index contributed by atoms with van der Waals surface area (Å²) in [5, 5.41) is 7.78. The lowest BCUT2D eigenvalue weighted by Gasteiger charge is -2.35. The van der Waals surface area contributed by atoms with Crippen LogP contribution in [0.1, 0.15) is 38.2 Å². The van der Waals surface area contributed by atoms with Crippen LogP contribution < -0.4 is 4.90 Å². The number of aromatic nitrogens is 2. The van der Waals surface area contributed by atoms with Crippen molar-refractivity contribution < 1.29 is 27.5 Å². The third-order valence-electron chi connectivity index (χ3n) is 4.16. The molecule has 0 unspecified atom stereocenters. The zero-order valence-corrected chi connectivity index (χ0v) is 17.0. The van der Waals surface area contributed by atoms with Crippen LogP contribution in [0, 0.1) is 0 Å². The Hall–Kier alpha value is -2.59. The van der Waals surface area contributed by atoms with Crippen LogP contribution in [0.5, 0.6) is 0 Å². The Morgan fingerprint density at radius 3 is 2.17 bits per heavy atom. The van der Waals surface area contributed by atoms with Gasteiger partial charge in [-0.1, -0.05) is 0 Å². The molecule has 2 heterocycles. The van der Waals surface area contributed by atoms with Gasteiger partial charge in [0.1, 0.15) is 12.1 Å². The smallest absolute Gasteiger partial charge is 0.410 e. The first-order valence-electron chi connectivity index (χ1n) is 9.32. The number of hydrogen-bond donors (Lipinski definition) is 0. The van der Waals surface area contributed by atoms with Gasteiger partial charge in [-0.25, -0.2) is 4.79 Å². The SMILES string of the molecule is CCN(CC(F)(F)F)C(=O)c1ccc(N2CCN(C(=O)OC(C)(C)C)CC2)nn1. The van der Waals surface area contributed by atoms with Gasteiger partial charge in [0.15, 0.2) is 11.5 Å². The predicted molar refractivity (Wildman–Crippen MR) is 99.7 cm³/mol. The van der Waals surface area contributed by atoms with Crippen molar-refractivity contribution in [2.45, 2.75) is 39.5 Å². The van der Waals surface area contributed by atoms with Gasteiger partial charge in [0.2, 0.25) is 0 Å². The fourth-order valence-electron chi connectivity index (χ4n) is 2.76. The van der Waals surface area contributed by atoms with Gasteiger partial charge in [-0.05, 0) is 39.8 Å². The first kappa shape index (κ1) is 22.7. The number of piperazine rings is 1. The maximum atomic E-state index is 12.6. The Balaban J connectivity index is 1.96. The average molecular weight is 417 g/mol. The van der Waals surface area contributed by atoms with E-state index in [1.165, 1.54) is 13.0 Å². The van der Waals surface area contributed by atoms with Gasteiger partial charge in [-0.3, -0.25) is 4.79 Å². The molecule has 29 heavy (non-hydrogen) atoms. The zero-order chi connectivity index (χ0) is 21.8. The summed E-state index contributed by atoms with van der Waals surface area (Å²) in [7, 11) is 0. The van der Waals surface area contributed by atoms with Crippen LogP contribution in [-0.4, -0.2) is 83.0 Å². The molecule has 1 aromatic heterocycles. The number of amides is 2. The maximum Gasteiger partial charge on any atom is 0.410 e. The highest BCUT2D eigenvalue weighted by atomic mass is 19.4. The molecule has 0 bridgehead atoms. The molecular formula is C18H26F3N5O3. The molecular weight excluding hydrogens is 391 g/mol. The molecule has 2 amide bonds. The summed E-state index contributed by atoms with van der Waals surface area (Å²) in [6, 6.07) is 2.91. The second-order valence-corrected chi connectivity index (χ2v) is 7.67. The maximum absolute atomic E-state index is 12.6. The number of halogens is 3. The van der Waals surface area contributed by atoms with E-state index < -0.39 is 24.2 Å². The molecule has 0 N–H and O–H groups in total.